The summed E-state index contributed by atoms with van der Waals surface area (Å²) in [5.41, 5.74) is 5.12. The summed E-state index contributed by atoms with van der Waals surface area (Å²) in [5.74, 6) is -0.992. The van der Waals surface area contributed by atoms with E-state index in [9.17, 15) is 19.1 Å². The van der Waals surface area contributed by atoms with Crippen molar-refractivity contribution < 1.29 is 19.1 Å². The average Bonchev–Trinajstić information content (AvgIpc) is 2.90. The van der Waals surface area contributed by atoms with Crippen molar-refractivity contribution >= 4 is 46.1 Å². The van der Waals surface area contributed by atoms with Crippen molar-refractivity contribution in [2.24, 2.45) is 5.10 Å². The van der Waals surface area contributed by atoms with Crippen LogP contribution in [0.1, 0.15) is 21.5 Å². The van der Waals surface area contributed by atoms with Crippen LogP contribution in [0, 0.1) is 5.82 Å². The number of hydrazone groups is 1. The fourth-order valence-corrected chi connectivity index (χ4v) is 3.92. The first kappa shape index (κ1) is 25.7. The number of hydrogen-bond donors (Lipinski definition) is 4. The molecular formula is C28H24ClFN4O3. The Bertz CT molecular complexity index is 1460. The molecule has 0 aliphatic carbocycles. The molecule has 0 atom stereocenters. The maximum absolute atomic E-state index is 13.0. The Labute approximate surface area is 218 Å². The van der Waals surface area contributed by atoms with Crippen molar-refractivity contribution in [1.82, 2.24) is 10.7 Å². The van der Waals surface area contributed by atoms with E-state index in [4.69, 9.17) is 11.6 Å². The van der Waals surface area contributed by atoms with Gasteiger partial charge in [-0.1, -0.05) is 48.0 Å². The molecule has 0 radical (unpaired) electrons. The third kappa shape index (κ3) is 6.83. The van der Waals surface area contributed by atoms with Crippen molar-refractivity contribution in [1.29, 1.82) is 0 Å². The zero-order valence-corrected chi connectivity index (χ0v) is 20.4. The number of halogens is 2. The van der Waals surface area contributed by atoms with E-state index in [0.29, 0.717) is 13.1 Å². The molecule has 0 heterocycles. The molecule has 4 rings (SSSR count). The standard InChI is InChI=1S/C28H24ClFN4O3/c29-25-15-19(7-12-26(25)35)28(37)34-33-17-20-6-5-18(23-3-1-2-4-24(20)23)16-27(36)32-14-13-31-22-10-8-21(30)9-11-22/h1-12,15,17,31,35H,13-14,16H2,(H,32,36)(H,34,37). The molecule has 37 heavy (non-hydrogen) atoms. The second kappa shape index (κ2) is 12.0. The molecule has 0 saturated heterocycles. The summed E-state index contributed by atoms with van der Waals surface area (Å²) < 4.78 is 13.0. The lowest BCUT2D eigenvalue weighted by atomic mass is 9.98. The van der Waals surface area contributed by atoms with Gasteiger partial charge in [0.2, 0.25) is 5.91 Å². The number of amides is 2. The highest BCUT2D eigenvalue weighted by Crippen LogP contribution is 2.24. The van der Waals surface area contributed by atoms with Crippen LogP contribution in [0.3, 0.4) is 0 Å². The van der Waals surface area contributed by atoms with E-state index in [1.165, 1.54) is 36.5 Å². The molecule has 4 N–H and O–H groups in total. The molecule has 0 fully saturated rings. The van der Waals surface area contributed by atoms with Gasteiger partial charge in [-0.05, 0) is 58.8 Å². The molecule has 4 aromatic carbocycles. The minimum Gasteiger partial charge on any atom is -0.506 e. The minimum absolute atomic E-state index is 0.0754. The lowest BCUT2D eigenvalue weighted by Crippen LogP contribution is -2.30. The summed E-state index contributed by atoms with van der Waals surface area (Å²) in [6, 6.07) is 21.5. The summed E-state index contributed by atoms with van der Waals surface area (Å²) in [4.78, 5) is 24.8. The summed E-state index contributed by atoms with van der Waals surface area (Å²) in [7, 11) is 0. The molecule has 7 nitrogen and oxygen atoms in total. The molecule has 0 saturated carbocycles. The molecule has 4 aromatic rings. The average molecular weight is 519 g/mol. The van der Waals surface area contributed by atoms with E-state index in [0.717, 1.165) is 27.6 Å². The number of phenolic OH excluding ortho intramolecular Hbond substituents is 1. The first-order valence-electron chi connectivity index (χ1n) is 11.5. The summed E-state index contributed by atoms with van der Waals surface area (Å²) >= 11 is 5.86. The van der Waals surface area contributed by atoms with Gasteiger partial charge in [-0.2, -0.15) is 5.10 Å². The normalized spacial score (nSPS) is 11.0. The second-order valence-corrected chi connectivity index (χ2v) is 8.59. The molecule has 0 aliphatic heterocycles. The largest absolute Gasteiger partial charge is 0.506 e. The minimum atomic E-state index is -0.468. The molecule has 0 aromatic heterocycles. The Morgan fingerprint density at radius 2 is 1.70 bits per heavy atom. The van der Waals surface area contributed by atoms with Crippen LogP contribution in [0.25, 0.3) is 10.8 Å². The van der Waals surface area contributed by atoms with Crippen molar-refractivity contribution in [2.45, 2.75) is 6.42 Å². The molecule has 0 bridgehead atoms. The van der Waals surface area contributed by atoms with Gasteiger partial charge in [0.1, 0.15) is 11.6 Å². The molecule has 188 valence electrons. The monoisotopic (exact) mass is 518 g/mol. The van der Waals surface area contributed by atoms with Crippen LogP contribution in [0.2, 0.25) is 5.02 Å². The van der Waals surface area contributed by atoms with E-state index in [-0.39, 0.29) is 34.5 Å². The number of nitrogens with one attached hydrogen (secondary N) is 3. The van der Waals surface area contributed by atoms with E-state index in [1.54, 1.807) is 12.1 Å². The molecular weight excluding hydrogens is 495 g/mol. The van der Waals surface area contributed by atoms with Gasteiger partial charge in [0, 0.05) is 29.9 Å². The van der Waals surface area contributed by atoms with Gasteiger partial charge in [0.05, 0.1) is 17.7 Å². The molecule has 9 heteroatoms. The van der Waals surface area contributed by atoms with Crippen LogP contribution in [-0.2, 0) is 11.2 Å². The number of rotatable bonds is 9. The number of fused-ring (bicyclic) bond motifs is 1. The number of anilines is 1. The molecule has 0 aliphatic rings. The van der Waals surface area contributed by atoms with Gasteiger partial charge < -0.3 is 15.7 Å². The molecule has 2 amide bonds. The van der Waals surface area contributed by atoms with Gasteiger partial charge in [0.15, 0.2) is 0 Å². The van der Waals surface area contributed by atoms with Gasteiger partial charge >= 0.3 is 0 Å². The summed E-state index contributed by atoms with van der Waals surface area (Å²) in [5, 5.41) is 21.4. The maximum atomic E-state index is 13.0. The number of carbonyl (C=O) groups is 2. The number of phenols is 1. The van der Waals surface area contributed by atoms with Gasteiger partial charge in [-0.3, -0.25) is 9.59 Å². The highest BCUT2D eigenvalue weighted by atomic mass is 35.5. The lowest BCUT2D eigenvalue weighted by Gasteiger charge is -2.11. The molecule has 0 unspecified atom stereocenters. The Kier molecular flexibility index (Phi) is 8.33. The van der Waals surface area contributed by atoms with Crippen LogP contribution in [0.4, 0.5) is 10.1 Å². The maximum Gasteiger partial charge on any atom is 0.271 e. The van der Waals surface area contributed by atoms with Crippen LogP contribution >= 0.6 is 11.6 Å². The van der Waals surface area contributed by atoms with E-state index in [1.807, 2.05) is 36.4 Å². The Morgan fingerprint density at radius 3 is 2.46 bits per heavy atom. The zero-order valence-electron chi connectivity index (χ0n) is 19.7. The predicted molar refractivity (Wildman–Crippen MR) is 144 cm³/mol. The van der Waals surface area contributed by atoms with Gasteiger partial charge in [0.25, 0.3) is 5.91 Å². The number of hydrogen-bond acceptors (Lipinski definition) is 5. The van der Waals surface area contributed by atoms with Gasteiger partial charge in [-0.25, -0.2) is 9.82 Å². The fourth-order valence-electron chi connectivity index (χ4n) is 3.74. The Balaban J connectivity index is 1.36. The van der Waals surface area contributed by atoms with E-state index >= 15 is 0 Å². The van der Waals surface area contributed by atoms with Crippen LogP contribution in [0.15, 0.2) is 84.0 Å². The number of nitrogens with zero attached hydrogens (tertiary/aromatic N) is 1. The van der Waals surface area contributed by atoms with Gasteiger partial charge in [-0.15, -0.1) is 0 Å². The highest BCUT2D eigenvalue weighted by Gasteiger charge is 2.10. The van der Waals surface area contributed by atoms with Crippen LogP contribution in [0.5, 0.6) is 5.75 Å². The number of carbonyl (C=O) groups excluding carboxylic acids is 2. The van der Waals surface area contributed by atoms with E-state index < -0.39 is 5.91 Å². The summed E-state index contributed by atoms with van der Waals surface area (Å²) in [6.45, 7) is 0.931. The smallest absolute Gasteiger partial charge is 0.271 e. The SMILES string of the molecule is O=C(Cc1ccc(C=NNC(=O)c2ccc(O)c(Cl)c2)c2ccccc12)NCCNc1ccc(F)cc1. The molecule has 0 spiro atoms. The predicted octanol–water partition coefficient (Wildman–Crippen LogP) is 4.87. The number of benzene rings is 4. The van der Waals surface area contributed by atoms with Crippen LogP contribution in [-0.4, -0.2) is 36.2 Å². The third-order valence-electron chi connectivity index (χ3n) is 5.60. The highest BCUT2D eigenvalue weighted by molar-refractivity contribution is 6.32. The zero-order chi connectivity index (χ0) is 26.2. The lowest BCUT2D eigenvalue weighted by molar-refractivity contribution is -0.120. The van der Waals surface area contributed by atoms with Crippen molar-refractivity contribution in [3.63, 3.8) is 0 Å². The first-order chi connectivity index (χ1) is 17.9. The fraction of sp³-hybridized carbons (Fsp3) is 0.107. The third-order valence-corrected chi connectivity index (χ3v) is 5.90. The van der Waals surface area contributed by atoms with Crippen LogP contribution < -0.4 is 16.1 Å². The Hall–Kier alpha value is -4.43. The van der Waals surface area contributed by atoms with Crippen molar-refractivity contribution in [3.05, 3.63) is 106 Å². The second-order valence-electron chi connectivity index (χ2n) is 8.19. The topological polar surface area (TPSA) is 103 Å². The summed E-state index contributed by atoms with van der Waals surface area (Å²) in [6.07, 6.45) is 1.74. The Morgan fingerprint density at radius 1 is 0.946 bits per heavy atom. The van der Waals surface area contributed by atoms with E-state index in [2.05, 4.69) is 21.2 Å². The number of aromatic hydroxyl groups is 1. The van der Waals surface area contributed by atoms with Crippen molar-refractivity contribution in [2.75, 3.05) is 18.4 Å². The van der Waals surface area contributed by atoms with Crippen molar-refractivity contribution in [3.8, 4) is 5.75 Å². The quantitative estimate of drug-likeness (QED) is 0.144. The first-order valence-corrected chi connectivity index (χ1v) is 11.9.